The lowest BCUT2D eigenvalue weighted by molar-refractivity contribution is -0.0113. The van der Waals surface area contributed by atoms with Crippen molar-refractivity contribution in [2.24, 2.45) is 5.92 Å². The van der Waals surface area contributed by atoms with Crippen LogP contribution in [0.5, 0.6) is 5.75 Å². The monoisotopic (exact) mass is 240 g/mol. The Morgan fingerprint density at radius 3 is 3.00 bits per heavy atom. The van der Waals surface area contributed by atoms with Gasteiger partial charge >= 0.3 is 0 Å². The molecule has 1 saturated heterocycles. The third-order valence-electron chi connectivity index (χ3n) is 3.17. The number of aliphatic hydroxyl groups excluding tert-OH is 1. The number of ether oxygens (including phenoxy) is 2. The zero-order valence-corrected chi connectivity index (χ0v) is 9.86. The van der Waals surface area contributed by atoms with Crippen LogP contribution in [0.1, 0.15) is 24.5 Å². The number of benzene rings is 1. The van der Waals surface area contributed by atoms with Crippen LogP contribution in [0.2, 0.25) is 0 Å². The maximum absolute atomic E-state index is 14.0. The molecule has 2 atom stereocenters. The molecule has 0 spiro atoms. The number of halogens is 1. The van der Waals surface area contributed by atoms with Crippen molar-refractivity contribution in [2.75, 3.05) is 20.3 Å². The van der Waals surface area contributed by atoms with Crippen LogP contribution in [0.3, 0.4) is 0 Å². The van der Waals surface area contributed by atoms with Gasteiger partial charge in [-0.05, 0) is 18.9 Å². The number of hydrogen-bond donors (Lipinski definition) is 1. The first-order chi connectivity index (χ1) is 8.24. The van der Waals surface area contributed by atoms with Gasteiger partial charge in [0.15, 0.2) is 11.6 Å². The van der Waals surface area contributed by atoms with Crippen molar-refractivity contribution in [3.05, 3.63) is 29.6 Å². The minimum Gasteiger partial charge on any atom is -0.494 e. The highest BCUT2D eigenvalue weighted by Gasteiger charge is 2.26. The van der Waals surface area contributed by atoms with Crippen LogP contribution in [-0.2, 0) is 4.74 Å². The number of methoxy groups -OCH3 is 1. The van der Waals surface area contributed by atoms with E-state index in [1.54, 1.807) is 18.2 Å². The van der Waals surface area contributed by atoms with Crippen LogP contribution in [0.4, 0.5) is 4.39 Å². The van der Waals surface area contributed by atoms with Gasteiger partial charge in [0, 0.05) is 18.1 Å². The van der Waals surface area contributed by atoms with Crippen molar-refractivity contribution < 1.29 is 19.0 Å². The first-order valence-corrected chi connectivity index (χ1v) is 5.82. The smallest absolute Gasteiger partial charge is 0.170 e. The van der Waals surface area contributed by atoms with E-state index in [2.05, 4.69) is 0 Å². The molecule has 0 radical (unpaired) electrons. The van der Waals surface area contributed by atoms with Crippen LogP contribution < -0.4 is 4.74 Å². The third-order valence-corrected chi connectivity index (χ3v) is 3.17. The third kappa shape index (κ3) is 2.58. The second-order valence-corrected chi connectivity index (χ2v) is 4.29. The van der Waals surface area contributed by atoms with Crippen LogP contribution in [0.25, 0.3) is 0 Å². The summed E-state index contributed by atoms with van der Waals surface area (Å²) < 4.78 is 24.2. The molecular formula is C13H17FO3. The average molecular weight is 240 g/mol. The van der Waals surface area contributed by atoms with Gasteiger partial charge in [0.1, 0.15) is 0 Å². The van der Waals surface area contributed by atoms with E-state index < -0.39 is 11.9 Å². The molecule has 1 fully saturated rings. The minimum absolute atomic E-state index is 0.0367. The van der Waals surface area contributed by atoms with E-state index in [1.165, 1.54) is 7.11 Å². The number of aliphatic hydroxyl groups is 1. The van der Waals surface area contributed by atoms with E-state index >= 15 is 0 Å². The lowest BCUT2D eigenvalue weighted by Crippen LogP contribution is -2.24. The summed E-state index contributed by atoms with van der Waals surface area (Å²) in [6.45, 7) is 1.21. The summed E-state index contributed by atoms with van der Waals surface area (Å²) >= 11 is 0. The molecule has 0 bridgehead atoms. The number of rotatable bonds is 3. The first kappa shape index (κ1) is 12.3. The molecule has 4 heteroatoms. The van der Waals surface area contributed by atoms with E-state index in [0.717, 1.165) is 19.4 Å². The van der Waals surface area contributed by atoms with Crippen molar-refractivity contribution in [3.8, 4) is 5.75 Å². The summed E-state index contributed by atoms with van der Waals surface area (Å²) in [7, 11) is 1.41. The van der Waals surface area contributed by atoms with Crippen molar-refractivity contribution in [3.63, 3.8) is 0 Å². The zero-order valence-electron chi connectivity index (χ0n) is 9.86. The van der Waals surface area contributed by atoms with E-state index in [1.807, 2.05) is 0 Å². The molecular weight excluding hydrogens is 223 g/mol. The largest absolute Gasteiger partial charge is 0.494 e. The summed E-state index contributed by atoms with van der Waals surface area (Å²) in [5.74, 6) is -0.350. The average Bonchev–Trinajstić information content (AvgIpc) is 2.39. The normalized spacial score (nSPS) is 22.2. The molecule has 1 aliphatic rings. The summed E-state index contributed by atoms with van der Waals surface area (Å²) in [6.07, 6.45) is 0.941. The molecule has 3 nitrogen and oxygen atoms in total. The van der Waals surface area contributed by atoms with Crippen molar-refractivity contribution in [1.29, 1.82) is 0 Å². The Morgan fingerprint density at radius 2 is 2.35 bits per heavy atom. The molecule has 2 unspecified atom stereocenters. The van der Waals surface area contributed by atoms with Crippen molar-refractivity contribution in [1.82, 2.24) is 0 Å². The van der Waals surface area contributed by atoms with Gasteiger partial charge in [0.05, 0.1) is 19.8 Å². The van der Waals surface area contributed by atoms with Crippen LogP contribution in [-0.4, -0.2) is 25.4 Å². The fourth-order valence-electron chi connectivity index (χ4n) is 2.18. The highest BCUT2D eigenvalue weighted by atomic mass is 19.1. The molecule has 1 aliphatic heterocycles. The first-order valence-electron chi connectivity index (χ1n) is 5.82. The molecule has 94 valence electrons. The Balaban J connectivity index is 2.20. The predicted octanol–water partition coefficient (Wildman–Crippen LogP) is 2.29. The van der Waals surface area contributed by atoms with Gasteiger partial charge in [0.25, 0.3) is 0 Å². The Bertz CT molecular complexity index is 375. The Labute approximate surface area is 100 Å². The van der Waals surface area contributed by atoms with E-state index in [-0.39, 0.29) is 11.7 Å². The fraction of sp³-hybridized carbons (Fsp3) is 0.538. The summed E-state index contributed by atoms with van der Waals surface area (Å²) in [4.78, 5) is 0. The molecule has 0 aliphatic carbocycles. The molecule has 17 heavy (non-hydrogen) atoms. The summed E-state index contributed by atoms with van der Waals surface area (Å²) in [5, 5.41) is 10.2. The van der Waals surface area contributed by atoms with Gasteiger partial charge in [-0.25, -0.2) is 4.39 Å². The zero-order chi connectivity index (χ0) is 12.3. The van der Waals surface area contributed by atoms with E-state index in [9.17, 15) is 9.50 Å². The Hall–Kier alpha value is -1.13. The quantitative estimate of drug-likeness (QED) is 0.881. The van der Waals surface area contributed by atoms with Gasteiger partial charge in [-0.15, -0.1) is 0 Å². The molecule has 0 amide bonds. The lowest BCUT2D eigenvalue weighted by atomic mass is 9.91. The molecule has 0 saturated carbocycles. The predicted molar refractivity (Wildman–Crippen MR) is 61.5 cm³/mol. The highest BCUT2D eigenvalue weighted by molar-refractivity contribution is 5.32. The van der Waals surface area contributed by atoms with Gasteiger partial charge in [-0.1, -0.05) is 12.1 Å². The van der Waals surface area contributed by atoms with Crippen molar-refractivity contribution >= 4 is 0 Å². The van der Waals surface area contributed by atoms with Crippen molar-refractivity contribution in [2.45, 2.75) is 18.9 Å². The van der Waals surface area contributed by atoms with E-state index in [0.29, 0.717) is 12.2 Å². The SMILES string of the molecule is COc1cccc(C(O)C2CCCOC2)c1F. The topological polar surface area (TPSA) is 38.7 Å². The summed E-state index contributed by atoms with van der Waals surface area (Å²) in [6, 6.07) is 4.82. The van der Waals surface area contributed by atoms with E-state index in [4.69, 9.17) is 9.47 Å². The molecule has 1 N–H and O–H groups in total. The van der Waals surface area contributed by atoms with Gasteiger partial charge in [0.2, 0.25) is 0 Å². The maximum atomic E-state index is 14.0. The maximum Gasteiger partial charge on any atom is 0.170 e. The molecule has 0 aromatic heterocycles. The standard InChI is InChI=1S/C13H17FO3/c1-16-11-6-2-5-10(12(11)14)13(15)9-4-3-7-17-8-9/h2,5-6,9,13,15H,3-4,7-8H2,1H3. The highest BCUT2D eigenvalue weighted by Crippen LogP contribution is 2.32. The van der Waals surface area contributed by atoms with Gasteiger partial charge in [-0.3, -0.25) is 0 Å². The fourth-order valence-corrected chi connectivity index (χ4v) is 2.18. The second kappa shape index (κ2) is 5.47. The van der Waals surface area contributed by atoms with Crippen LogP contribution >= 0.6 is 0 Å². The van der Waals surface area contributed by atoms with Crippen LogP contribution in [0, 0.1) is 11.7 Å². The molecule has 2 rings (SSSR count). The molecule has 1 aromatic carbocycles. The molecule has 1 heterocycles. The second-order valence-electron chi connectivity index (χ2n) is 4.29. The van der Waals surface area contributed by atoms with Gasteiger partial charge in [-0.2, -0.15) is 0 Å². The Kier molecular flexibility index (Phi) is 3.97. The van der Waals surface area contributed by atoms with Crippen LogP contribution in [0.15, 0.2) is 18.2 Å². The Morgan fingerprint density at radius 1 is 1.53 bits per heavy atom. The van der Waals surface area contributed by atoms with Gasteiger partial charge < -0.3 is 14.6 Å². The number of hydrogen-bond acceptors (Lipinski definition) is 3. The minimum atomic E-state index is -0.828. The molecule has 1 aromatic rings. The summed E-state index contributed by atoms with van der Waals surface area (Å²) in [5.41, 5.74) is 0.292. The lowest BCUT2D eigenvalue weighted by Gasteiger charge is -2.27.